The molecule has 0 bridgehead atoms. The van der Waals surface area contributed by atoms with Crippen molar-refractivity contribution < 1.29 is 21.6 Å². The third kappa shape index (κ3) is 3.49. The lowest BCUT2D eigenvalue weighted by Crippen LogP contribution is -2.36. The van der Waals surface area contributed by atoms with Gasteiger partial charge in [0.25, 0.3) is 0 Å². The molecule has 2 unspecified atom stereocenters. The average molecular weight is 266 g/mol. The molecule has 0 saturated carbocycles. The molecule has 1 fully saturated rings. The maximum absolute atomic E-state index is 12.0. The number of sulfonamides is 1. The summed E-state index contributed by atoms with van der Waals surface area (Å²) in [4.78, 5) is 0. The summed E-state index contributed by atoms with van der Waals surface area (Å²) in [5, 5.41) is -0.409. The van der Waals surface area contributed by atoms with Gasteiger partial charge < -0.3 is 0 Å². The number of hydrogen-bond donors (Lipinski definition) is 0. The summed E-state index contributed by atoms with van der Waals surface area (Å²) in [5.74, 6) is -1.93. The van der Waals surface area contributed by atoms with Gasteiger partial charge in [-0.1, -0.05) is 6.92 Å². The van der Waals surface area contributed by atoms with Gasteiger partial charge in [-0.2, -0.15) is 17.5 Å². The van der Waals surface area contributed by atoms with Crippen LogP contribution in [0.15, 0.2) is 0 Å². The SMILES string of the molecule is CC1CN(S(=O)(=O)CC(F)(F)F)CC1Cl. The van der Waals surface area contributed by atoms with E-state index in [2.05, 4.69) is 0 Å². The van der Waals surface area contributed by atoms with Crippen molar-refractivity contribution in [3.63, 3.8) is 0 Å². The maximum atomic E-state index is 12.0. The fourth-order valence-electron chi connectivity index (χ4n) is 1.41. The lowest BCUT2D eigenvalue weighted by molar-refractivity contribution is -0.107. The molecule has 15 heavy (non-hydrogen) atoms. The van der Waals surface area contributed by atoms with Crippen molar-refractivity contribution in [3.05, 3.63) is 0 Å². The molecule has 1 saturated heterocycles. The van der Waals surface area contributed by atoms with E-state index >= 15 is 0 Å². The lowest BCUT2D eigenvalue weighted by atomic mass is 10.2. The molecule has 0 spiro atoms. The van der Waals surface area contributed by atoms with E-state index in [0.717, 1.165) is 4.31 Å². The Morgan fingerprint density at radius 3 is 2.27 bits per heavy atom. The minimum Gasteiger partial charge on any atom is -0.212 e. The Labute approximate surface area is 91.2 Å². The summed E-state index contributed by atoms with van der Waals surface area (Å²) in [6.45, 7) is 1.73. The van der Waals surface area contributed by atoms with E-state index in [1.807, 2.05) is 0 Å². The van der Waals surface area contributed by atoms with E-state index in [-0.39, 0.29) is 19.0 Å². The first-order valence-electron chi connectivity index (χ1n) is 4.30. The molecule has 1 heterocycles. The first-order chi connectivity index (χ1) is 6.62. The minimum absolute atomic E-state index is 0.0405. The molecular formula is C7H11ClF3NO2S. The smallest absolute Gasteiger partial charge is 0.212 e. The van der Waals surface area contributed by atoms with Crippen molar-refractivity contribution >= 4 is 21.6 Å². The summed E-state index contributed by atoms with van der Waals surface area (Å²) in [6, 6.07) is 0. The monoisotopic (exact) mass is 265 g/mol. The molecule has 0 N–H and O–H groups in total. The highest BCUT2D eigenvalue weighted by atomic mass is 35.5. The van der Waals surface area contributed by atoms with Crippen LogP contribution in [0.4, 0.5) is 13.2 Å². The predicted molar refractivity (Wildman–Crippen MR) is 50.2 cm³/mol. The molecule has 1 aliphatic heterocycles. The standard InChI is InChI=1S/C7H11ClF3NO2S/c1-5-2-12(3-6(5)8)15(13,14)4-7(9,10)11/h5-6H,2-4H2,1H3. The number of hydrogen-bond acceptors (Lipinski definition) is 2. The first-order valence-corrected chi connectivity index (χ1v) is 6.35. The molecule has 8 heteroatoms. The molecule has 3 nitrogen and oxygen atoms in total. The van der Waals surface area contributed by atoms with Gasteiger partial charge >= 0.3 is 6.18 Å². The second kappa shape index (κ2) is 4.10. The van der Waals surface area contributed by atoms with Gasteiger partial charge in [0, 0.05) is 13.1 Å². The fraction of sp³-hybridized carbons (Fsp3) is 1.00. The van der Waals surface area contributed by atoms with Gasteiger partial charge in [0.2, 0.25) is 10.0 Å². The highest BCUT2D eigenvalue weighted by molar-refractivity contribution is 7.89. The molecule has 0 aromatic heterocycles. The maximum Gasteiger partial charge on any atom is 0.404 e. The molecule has 90 valence electrons. The van der Waals surface area contributed by atoms with Crippen LogP contribution in [0.3, 0.4) is 0 Å². The quantitative estimate of drug-likeness (QED) is 0.709. The Hall–Kier alpha value is -0.0100. The van der Waals surface area contributed by atoms with E-state index in [9.17, 15) is 21.6 Å². The zero-order valence-corrected chi connectivity index (χ0v) is 9.53. The van der Waals surface area contributed by atoms with Crippen LogP contribution in [0.25, 0.3) is 0 Å². The first kappa shape index (κ1) is 13.1. The summed E-state index contributed by atoms with van der Waals surface area (Å²) in [6.07, 6.45) is -4.70. The van der Waals surface area contributed by atoms with E-state index in [1.54, 1.807) is 6.92 Å². The molecule has 0 amide bonds. The zero-order chi connectivity index (χ0) is 11.9. The largest absolute Gasteiger partial charge is 0.404 e. The van der Waals surface area contributed by atoms with Crippen molar-refractivity contribution in [2.24, 2.45) is 5.92 Å². The third-order valence-electron chi connectivity index (χ3n) is 2.23. The van der Waals surface area contributed by atoms with Gasteiger partial charge in [0.1, 0.15) is 0 Å². The summed E-state index contributed by atoms with van der Waals surface area (Å²) < 4.78 is 59.3. The summed E-state index contributed by atoms with van der Waals surface area (Å²) in [7, 11) is -4.26. The van der Waals surface area contributed by atoms with Crippen molar-refractivity contribution in [1.29, 1.82) is 0 Å². The zero-order valence-electron chi connectivity index (χ0n) is 7.96. The molecule has 1 rings (SSSR count). The minimum atomic E-state index is -4.70. The van der Waals surface area contributed by atoms with Crippen molar-refractivity contribution in [3.8, 4) is 0 Å². The van der Waals surface area contributed by atoms with Crippen molar-refractivity contribution in [2.75, 3.05) is 18.8 Å². The van der Waals surface area contributed by atoms with Crippen LogP contribution in [0.5, 0.6) is 0 Å². The van der Waals surface area contributed by atoms with Gasteiger partial charge in [0.15, 0.2) is 5.75 Å². The number of alkyl halides is 4. The molecule has 2 atom stereocenters. The van der Waals surface area contributed by atoms with Crippen LogP contribution in [0.2, 0.25) is 0 Å². The van der Waals surface area contributed by atoms with Gasteiger partial charge in [-0.05, 0) is 5.92 Å². The summed E-state index contributed by atoms with van der Waals surface area (Å²) in [5.41, 5.74) is 0. The Balaban J connectivity index is 2.72. The van der Waals surface area contributed by atoms with Crippen LogP contribution in [-0.2, 0) is 10.0 Å². The van der Waals surface area contributed by atoms with Gasteiger partial charge in [0.05, 0.1) is 5.38 Å². The van der Waals surface area contributed by atoms with Crippen LogP contribution >= 0.6 is 11.6 Å². The number of nitrogens with zero attached hydrogens (tertiary/aromatic N) is 1. The lowest BCUT2D eigenvalue weighted by Gasteiger charge is -2.16. The Morgan fingerprint density at radius 2 is 1.93 bits per heavy atom. The highest BCUT2D eigenvalue weighted by Crippen LogP contribution is 2.27. The predicted octanol–water partition coefficient (Wildman–Crippen LogP) is 1.44. The Morgan fingerprint density at radius 1 is 1.40 bits per heavy atom. The molecular weight excluding hydrogens is 255 g/mol. The van der Waals surface area contributed by atoms with Crippen molar-refractivity contribution in [2.45, 2.75) is 18.5 Å². The second-order valence-electron chi connectivity index (χ2n) is 3.68. The second-order valence-corrected chi connectivity index (χ2v) is 6.21. The van der Waals surface area contributed by atoms with Crippen LogP contribution in [0, 0.1) is 5.92 Å². The van der Waals surface area contributed by atoms with Gasteiger partial charge in [-0.25, -0.2) is 8.42 Å². The van der Waals surface area contributed by atoms with Crippen LogP contribution < -0.4 is 0 Å². The molecule has 0 aliphatic carbocycles. The normalized spacial score (nSPS) is 29.7. The van der Waals surface area contributed by atoms with E-state index < -0.39 is 27.3 Å². The molecule has 0 aromatic carbocycles. The van der Waals surface area contributed by atoms with Crippen LogP contribution in [0.1, 0.15) is 6.92 Å². The highest BCUT2D eigenvalue weighted by Gasteiger charge is 2.42. The topological polar surface area (TPSA) is 37.4 Å². The van der Waals surface area contributed by atoms with Crippen molar-refractivity contribution in [1.82, 2.24) is 4.31 Å². The molecule has 0 aromatic rings. The molecule has 0 radical (unpaired) electrons. The van der Waals surface area contributed by atoms with Gasteiger partial charge in [-0.3, -0.25) is 0 Å². The van der Waals surface area contributed by atoms with E-state index in [1.165, 1.54) is 0 Å². The number of halogens is 4. The Kier molecular flexibility index (Phi) is 3.57. The average Bonchev–Trinajstić information content (AvgIpc) is 2.27. The molecule has 1 aliphatic rings. The van der Waals surface area contributed by atoms with E-state index in [4.69, 9.17) is 11.6 Å². The van der Waals surface area contributed by atoms with Gasteiger partial charge in [-0.15, -0.1) is 11.6 Å². The number of rotatable bonds is 2. The van der Waals surface area contributed by atoms with E-state index in [0.29, 0.717) is 0 Å². The summed E-state index contributed by atoms with van der Waals surface area (Å²) >= 11 is 5.75. The van der Waals surface area contributed by atoms with Crippen LogP contribution in [-0.4, -0.2) is 43.1 Å². The fourth-order valence-corrected chi connectivity index (χ4v) is 3.18. The third-order valence-corrected chi connectivity index (χ3v) is 4.57. The Bertz CT molecular complexity index is 320.